The van der Waals surface area contributed by atoms with Crippen molar-refractivity contribution >= 4 is 11.9 Å². The Balaban J connectivity index is 2.22. The summed E-state index contributed by atoms with van der Waals surface area (Å²) in [5.41, 5.74) is 0. The summed E-state index contributed by atoms with van der Waals surface area (Å²) in [6, 6.07) is 0.804. The molecule has 0 unspecified atom stereocenters. The van der Waals surface area contributed by atoms with E-state index in [9.17, 15) is 0 Å². The molecule has 0 aliphatic heterocycles. The Morgan fingerprint density at radius 3 is 2.70 bits per heavy atom. The van der Waals surface area contributed by atoms with Crippen LogP contribution in [0, 0.1) is 0 Å². The number of nitrogens with one attached hydrogen (secondary N) is 1. The Hall–Kier alpha value is -1.63. The molecule has 7 nitrogen and oxygen atoms in total. The molecule has 112 valence electrons. The highest BCUT2D eigenvalue weighted by atomic mass is 16.5. The summed E-state index contributed by atoms with van der Waals surface area (Å²) in [5, 5.41) is 12.0. The van der Waals surface area contributed by atoms with Crippen LogP contribution in [-0.2, 0) is 0 Å². The van der Waals surface area contributed by atoms with Crippen LogP contribution in [0.5, 0.6) is 6.01 Å². The quantitative estimate of drug-likeness (QED) is 0.737. The van der Waals surface area contributed by atoms with E-state index in [2.05, 4.69) is 25.2 Å². The maximum atomic E-state index is 9.06. The van der Waals surface area contributed by atoms with Gasteiger partial charge in [0.05, 0.1) is 6.61 Å². The minimum absolute atomic E-state index is 0.172. The number of anilines is 2. The zero-order chi connectivity index (χ0) is 14.4. The number of nitrogens with zero attached hydrogens (tertiary/aromatic N) is 4. The monoisotopic (exact) mass is 281 g/mol. The van der Waals surface area contributed by atoms with Gasteiger partial charge in [-0.3, -0.25) is 0 Å². The predicted octanol–water partition coefficient (Wildman–Crippen LogP) is 1.05. The average Bonchev–Trinajstić information content (AvgIpc) is 2.41. The number of hydrogen-bond acceptors (Lipinski definition) is 7. The number of rotatable bonds is 8. The van der Waals surface area contributed by atoms with Crippen LogP contribution in [0.15, 0.2) is 0 Å². The number of ether oxygens (including phenoxy) is 1. The normalized spacial score (nSPS) is 14.8. The zero-order valence-electron chi connectivity index (χ0n) is 12.2. The van der Waals surface area contributed by atoms with E-state index in [1.165, 1.54) is 6.42 Å². The van der Waals surface area contributed by atoms with Gasteiger partial charge in [-0.1, -0.05) is 0 Å². The Kier molecular flexibility index (Phi) is 5.34. The third-order valence-corrected chi connectivity index (χ3v) is 3.43. The van der Waals surface area contributed by atoms with Gasteiger partial charge in [-0.25, -0.2) is 0 Å². The first-order valence-electron chi connectivity index (χ1n) is 7.22. The van der Waals surface area contributed by atoms with Crippen molar-refractivity contribution in [3.05, 3.63) is 0 Å². The van der Waals surface area contributed by atoms with Crippen LogP contribution in [0.25, 0.3) is 0 Å². The lowest BCUT2D eigenvalue weighted by molar-refractivity contribution is 0.281. The Morgan fingerprint density at radius 2 is 2.15 bits per heavy atom. The van der Waals surface area contributed by atoms with E-state index in [4.69, 9.17) is 9.84 Å². The lowest BCUT2D eigenvalue weighted by Gasteiger charge is -2.37. The van der Waals surface area contributed by atoms with Crippen molar-refractivity contribution in [1.29, 1.82) is 0 Å². The van der Waals surface area contributed by atoms with Gasteiger partial charge in [0, 0.05) is 26.2 Å². The summed E-state index contributed by atoms with van der Waals surface area (Å²) in [5.74, 6) is 1.14. The molecule has 1 heterocycles. The van der Waals surface area contributed by atoms with E-state index in [0.717, 1.165) is 19.4 Å². The van der Waals surface area contributed by atoms with Crippen molar-refractivity contribution < 1.29 is 9.84 Å². The van der Waals surface area contributed by atoms with Gasteiger partial charge in [0.25, 0.3) is 0 Å². The Morgan fingerprint density at radius 1 is 1.35 bits per heavy atom. The number of aliphatic hydroxyl groups is 1. The minimum atomic E-state index is 0.172. The summed E-state index contributed by atoms with van der Waals surface area (Å²) >= 11 is 0. The fourth-order valence-corrected chi connectivity index (χ4v) is 2.17. The molecule has 2 rings (SSSR count). The third kappa shape index (κ3) is 3.47. The first-order chi connectivity index (χ1) is 9.78. The van der Waals surface area contributed by atoms with E-state index in [-0.39, 0.29) is 6.61 Å². The van der Waals surface area contributed by atoms with Crippen molar-refractivity contribution in [3.63, 3.8) is 0 Å². The van der Waals surface area contributed by atoms with Crippen LogP contribution >= 0.6 is 0 Å². The van der Waals surface area contributed by atoms with Gasteiger partial charge in [0.2, 0.25) is 11.9 Å². The van der Waals surface area contributed by atoms with Gasteiger partial charge in [0.1, 0.15) is 0 Å². The molecular formula is C13H23N5O2. The molecule has 1 aromatic rings. The van der Waals surface area contributed by atoms with E-state index in [1.54, 1.807) is 7.05 Å². The van der Waals surface area contributed by atoms with Crippen LogP contribution in [0.3, 0.4) is 0 Å². The second-order valence-corrected chi connectivity index (χ2v) is 4.78. The summed E-state index contributed by atoms with van der Waals surface area (Å²) in [4.78, 5) is 15.1. The van der Waals surface area contributed by atoms with Crippen molar-refractivity contribution in [3.8, 4) is 6.01 Å². The minimum Gasteiger partial charge on any atom is -0.464 e. The molecule has 0 aromatic carbocycles. The second-order valence-electron chi connectivity index (χ2n) is 4.78. The molecular weight excluding hydrogens is 258 g/mol. The predicted molar refractivity (Wildman–Crippen MR) is 77.2 cm³/mol. The molecule has 0 bridgehead atoms. The number of aromatic nitrogens is 3. The standard InChI is InChI=1S/C13H23N5O2/c1-3-20-13-16-11(14-2)15-12(17-13)18(8-5-9-19)10-6-4-7-10/h10,19H,3-9H2,1-2H3,(H,14,15,16,17). The molecule has 0 spiro atoms. The molecule has 0 atom stereocenters. The fraction of sp³-hybridized carbons (Fsp3) is 0.769. The molecule has 1 aromatic heterocycles. The summed E-state index contributed by atoms with van der Waals surface area (Å²) in [6.07, 6.45) is 4.25. The average molecular weight is 281 g/mol. The number of aliphatic hydroxyl groups excluding tert-OH is 1. The van der Waals surface area contributed by atoms with Gasteiger partial charge < -0.3 is 20.1 Å². The Labute approximate surface area is 119 Å². The van der Waals surface area contributed by atoms with Crippen molar-refractivity contribution in [2.24, 2.45) is 0 Å². The van der Waals surface area contributed by atoms with Crippen molar-refractivity contribution in [1.82, 2.24) is 15.0 Å². The van der Waals surface area contributed by atoms with Gasteiger partial charge >= 0.3 is 6.01 Å². The molecule has 0 saturated heterocycles. The van der Waals surface area contributed by atoms with E-state index in [1.807, 2.05) is 6.92 Å². The number of hydrogen-bond donors (Lipinski definition) is 2. The van der Waals surface area contributed by atoms with E-state index < -0.39 is 0 Å². The topological polar surface area (TPSA) is 83.4 Å². The summed E-state index contributed by atoms with van der Waals surface area (Å²) in [7, 11) is 1.77. The molecule has 20 heavy (non-hydrogen) atoms. The van der Waals surface area contributed by atoms with Crippen LogP contribution in [0.4, 0.5) is 11.9 Å². The summed E-state index contributed by atoms with van der Waals surface area (Å²) < 4.78 is 5.40. The van der Waals surface area contributed by atoms with Crippen molar-refractivity contribution in [2.75, 3.05) is 37.0 Å². The highest BCUT2D eigenvalue weighted by molar-refractivity contribution is 5.39. The van der Waals surface area contributed by atoms with Crippen LogP contribution in [-0.4, -0.2) is 52.9 Å². The van der Waals surface area contributed by atoms with E-state index in [0.29, 0.717) is 37.0 Å². The molecule has 1 aliphatic carbocycles. The SMILES string of the molecule is CCOc1nc(NC)nc(N(CCCO)C2CCC2)n1. The van der Waals surface area contributed by atoms with Crippen LogP contribution in [0.2, 0.25) is 0 Å². The van der Waals surface area contributed by atoms with Crippen LogP contribution < -0.4 is 15.0 Å². The maximum Gasteiger partial charge on any atom is 0.323 e. The van der Waals surface area contributed by atoms with Gasteiger partial charge in [0.15, 0.2) is 0 Å². The molecule has 2 N–H and O–H groups in total. The van der Waals surface area contributed by atoms with Crippen molar-refractivity contribution in [2.45, 2.75) is 38.6 Å². The Bertz CT molecular complexity index is 425. The molecule has 1 fully saturated rings. The lowest BCUT2D eigenvalue weighted by atomic mass is 9.91. The lowest BCUT2D eigenvalue weighted by Crippen LogP contribution is -2.42. The first kappa shape index (κ1) is 14.8. The molecule has 1 saturated carbocycles. The zero-order valence-corrected chi connectivity index (χ0v) is 12.2. The molecule has 0 radical (unpaired) electrons. The van der Waals surface area contributed by atoms with Gasteiger partial charge in [-0.2, -0.15) is 15.0 Å². The second kappa shape index (κ2) is 7.23. The maximum absolute atomic E-state index is 9.06. The highest BCUT2D eigenvalue weighted by Gasteiger charge is 2.27. The smallest absolute Gasteiger partial charge is 0.323 e. The third-order valence-electron chi connectivity index (χ3n) is 3.43. The highest BCUT2D eigenvalue weighted by Crippen LogP contribution is 2.28. The molecule has 7 heteroatoms. The molecule has 0 amide bonds. The van der Waals surface area contributed by atoms with Gasteiger partial charge in [-0.15, -0.1) is 0 Å². The molecule has 1 aliphatic rings. The largest absolute Gasteiger partial charge is 0.464 e. The fourth-order valence-electron chi connectivity index (χ4n) is 2.17. The summed E-state index contributed by atoms with van der Waals surface area (Å²) in [6.45, 7) is 3.34. The first-order valence-corrected chi connectivity index (χ1v) is 7.22. The van der Waals surface area contributed by atoms with Crippen LogP contribution in [0.1, 0.15) is 32.6 Å². The van der Waals surface area contributed by atoms with E-state index >= 15 is 0 Å². The van der Waals surface area contributed by atoms with Gasteiger partial charge in [-0.05, 0) is 32.6 Å².